The molecule has 2 rings (SSSR count). The highest BCUT2D eigenvalue weighted by molar-refractivity contribution is 6.35. The third-order valence-corrected chi connectivity index (χ3v) is 3.57. The van der Waals surface area contributed by atoms with E-state index in [0.29, 0.717) is 28.8 Å². The molecule has 0 spiro atoms. The van der Waals surface area contributed by atoms with E-state index in [1.165, 1.54) is 0 Å². The largest absolute Gasteiger partial charge is 0.488 e. The van der Waals surface area contributed by atoms with Gasteiger partial charge >= 0.3 is 0 Å². The van der Waals surface area contributed by atoms with Crippen molar-refractivity contribution in [2.75, 3.05) is 6.61 Å². The number of aliphatic hydroxyl groups excluding tert-OH is 1. The number of hydrogen-bond acceptors (Lipinski definition) is 3. The summed E-state index contributed by atoms with van der Waals surface area (Å²) in [6.45, 7) is 2.37. The molecule has 1 aromatic rings. The van der Waals surface area contributed by atoms with Gasteiger partial charge in [-0.2, -0.15) is 0 Å². The second-order valence-electron chi connectivity index (χ2n) is 4.49. The van der Waals surface area contributed by atoms with Gasteiger partial charge in [0.25, 0.3) is 0 Å². The summed E-state index contributed by atoms with van der Waals surface area (Å²) in [5.41, 5.74) is 1.06. The van der Waals surface area contributed by atoms with E-state index in [4.69, 9.17) is 32.7 Å². The summed E-state index contributed by atoms with van der Waals surface area (Å²) < 4.78 is 10.9. The summed E-state index contributed by atoms with van der Waals surface area (Å²) in [5.74, 6) is 0.600. The van der Waals surface area contributed by atoms with Gasteiger partial charge in [-0.3, -0.25) is 0 Å². The fourth-order valence-electron chi connectivity index (χ4n) is 1.94. The third kappa shape index (κ3) is 4.11. The molecule has 0 radical (unpaired) electrons. The molecule has 104 valence electrons. The van der Waals surface area contributed by atoms with Crippen LogP contribution in [0.3, 0.4) is 0 Å². The Balaban J connectivity index is 1.88. The molecule has 1 aliphatic heterocycles. The lowest BCUT2D eigenvalue weighted by Gasteiger charge is -2.12. The molecule has 1 heterocycles. The molecule has 3 nitrogen and oxygen atoms in total. The predicted molar refractivity (Wildman–Crippen MR) is 75.8 cm³/mol. The Kier molecular flexibility index (Phi) is 5.11. The van der Waals surface area contributed by atoms with Gasteiger partial charge < -0.3 is 14.6 Å². The summed E-state index contributed by atoms with van der Waals surface area (Å²) in [6.07, 6.45) is 2.80. The van der Waals surface area contributed by atoms with Crippen molar-refractivity contribution in [2.24, 2.45) is 0 Å². The lowest BCUT2D eigenvalue weighted by molar-refractivity contribution is -0.0805. The molecule has 0 saturated carbocycles. The van der Waals surface area contributed by atoms with Gasteiger partial charge in [0, 0.05) is 11.4 Å². The monoisotopic (exact) mass is 302 g/mol. The van der Waals surface area contributed by atoms with E-state index in [1.54, 1.807) is 18.2 Å². The Morgan fingerprint density at radius 2 is 2.26 bits per heavy atom. The van der Waals surface area contributed by atoms with Crippen LogP contribution in [0.15, 0.2) is 29.8 Å². The van der Waals surface area contributed by atoms with Gasteiger partial charge in [-0.05, 0) is 43.2 Å². The second-order valence-corrected chi connectivity index (χ2v) is 5.33. The first-order valence-electron chi connectivity index (χ1n) is 6.14. The second kappa shape index (κ2) is 6.62. The van der Waals surface area contributed by atoms with Crippen LogP contribution in [-0.4, -0.2) is 24.1 Å². The highest BCUT2D eigenvalue weighted by Gasteiger charge is 2.24. The summed E-state index contributed by atoms with van der Waals surface area (Å²) >= 11 is 11.8. The lowest BCUT2D eigenvalue weighted by atomic mass is 10.1. The van der Waals surface area contributed by atoms with E-state index in [1.807, 2.05) is 13.0 Å². The van der Waals surface area contributed by atoms with Gasteiger partial charge in [-0.15, -0.1) is 0 Å². The van der Waals surface area contributed by atoms with Crippen LogP contribution >= 0.6 is 23.2 Å². The van der Waals surface area contributed by atoms with E-state index in [-0.39, 0.29) is 6.10 Å². The molecule has 1 saturated heterocycles. The van der Waals surface area contributed by atoms with Crippen LogP contribution in [0.25, 0.3) is 0 Å². The van der Waals surface area contributed by atoms with E-state index < -0.39 is 6.29 Å². The minimum atomic E-state index is -0.639. The number of aliphatic hydroxyl groups is 1. The molecule has 19 heavy (non-hydrogen) atoms. The first-order chi connectivity index (χ1) is 9.06. The number of benzene rings is 1. The minimum absolute atomic E-state index is 0.0145. The Labute approximate surface area is 122 Å². The van der Waals surface area contributed by atoms with Crippen molar-refractivity contribution >= 4 is 23.2 Å². The Morgan fingerprint density at radius 1 is 1.47 bits per heavy atom. The lowest BCUT2D eigenvalue weighted by Crippen LogP contribution is -2.12. The van der Waals surface area contributed by atoms with Gasteiger partial charge in [0.15, 0.2) is 6.29 Å². The van der Waals surface area contributed by atoms with Crippen molar-refractivity contribution < 1.29 is 14.6 Å². The SMILES string of the molecule is C/C(=C\COc1ccc(Cl)cc1Cl)[C@@H]1CCC(O)O1. The van der Waals surface area contributed by atoms with Crippen molar-refractivity contribution in [2.45, 2.75) is 32.2 Å². The van der Waals surface area contributed by atoms with Crippen LogP contribution in [0.4, 0.5) is 0 Å². The summed E-state index contributed by atoms with van der Waals surface area (Å²) in [5, 5.41) is 10.4. The van der Waals surface area contributed by atoms with Crippen molar-refractivity contribution in [3.05, 3.63) is 39.9 Å². The maximum atomic E-state index is 9.30. The van der Waals surface area contributed by atoms with Gasteiger partial charge in [-0.1, -0.05) is 23.2 Å². The zero-order chi connectivity index (χ0) is 13.8. The number of halogens is 2. The van der Waals surface area contributed by atoms with Crippen LogP contribution in [0.5, 0.6) is 5.75 Å². The van der Waals surface area contributed by atoms with Crippen molar-refractivity contribution in [3.8, 4) is 5.75 Å². The van der Waals surface area contributed by atoms with Crippen LogP contribution in [0, 0.1) is 0 Å². The van der Waals surface area contributed by atoms with Crippen LogP contribution in [0.2, 0.25) is 10.0 Å². The normalized spacial score (nSPS) is 23.7. The van der Waals surface area contributed by atoms with Crippen LogP contribution in [0.1, 0.15) is 19.8 Å². The summed E-state index contributed by atoms with van der Waals surface area (Å²) in [4.78, 5) is 0. The molecular formula is C14H16Cl2O3. The Hall–Kier alpha value is -0.740. The highest BCUT2D eigenvalue weighted by Crippen LogP contribution is 2.28. The van der Waals surface area contributed by atoms with Gasteiger partial charge in [0.1, 0.15) is 12.4 Å². The first-order valence-corrected chi connectivity index (χ1v) is 6.90. The quantitative estimate of drug-likeness (QED) is 0.860. The molecule has 0 amide bonds. The Morgan fingerprint density at radius 3 is 2.89 bits per heavy atom. The summed E-state index contributed by atoms with van der Waals surface area (Å²) in [7, 11) is 0. The zero-order valence-electron chi connectivity index (χ0n) is 10.6. The van der Waals surface area contributed by atoms with Crippen LogP contribution in [-0.2, 0) is 4.74 Å². The van der Waals surface area contributed by atoms with Gasteiger partial charge in [-0.25, -0.2) is 0 Å². The standard InChI is InChI=1S/C14H16Cl2O3/c1-9(12-4-5-14(17)19-12)6-7-18-13-3-2-10(15)8-11(13)16/h2-3,6,8,12,14,17H,4-5,7H2,1H3/b9-6+/t12-,14?/m0/s1. The number of rotatable bonds is 4. The summed E-state index contributed by atoms with van der Waals surface area (Å²) in [6, 6.07) is 5.12. The average Bonchev–Trinajstić information content (AvgIpc) is 2.78. The van der Waals surface area contributed by atoms with E-state index in [9.17, 15) is 5.11 Å². The average molecular weight is 303 g/mol. The Bertz CT molecular complexity index is 474. The molecular weight excluding hydrogens is 287 g/mol. The molecule has 0 bridgehead atoms. The van der Waals surface area contributed by atoms with E-state index >= 15 is 0 Å². The van der Waals surface area contributed by atoms with E-state index in [2.05, 4.69) is 0 Å². The molecule has 1 unspecified atom stereocenters. The first kappa shape index (κ1) is 14.7. The van der Waals surface area contributed by atoms with Crippen molar-refractivity contribution in [1.29, 1.82) is 0 Å². The number of ether oxygens (including phenoxy) is 2. The fourth-order valence-corrected chi connectivity index (χ4v) is 2.40. The molecule has 0 aliphatic carbocycles. The molecule has 1 aliphatic rings. The van der Waals surface area contributed by atoms with Gasteiger partial charge in [0.2, 0.25) is 0 Å². The molecule has 1 aromatic carbocycles. The predicted octanol–water partition coefficient (Wildman–Crippen LogP) is 3.82. The zero-order valence-corrected chi connectivity index (χ0v) is 12.1. The van der Waals surface area contributed by atoms with E-state index in [0.717, 1.165) is 12.0 Å². The minimum Gasteiger partial charge on any atom is -0.488 e. The molecule has 5 heteroatoms. The van der Waals surface area contributed by atoms with Crippen molar-refractivity contribution in [1.82, 2.24) is 0 Å². The van der Waals surface area contributed by atoms with Crippen molar-refractivity contribution in [3.63, 3.8) is 0 Å². The molecule has 0 aromatic heterocycles. The molecule has 2 atom stereocenters. The maximum absolute atomic E-state index is 9.30. The molecule has 1 N–H and O–H groups in total. The maximum Gasteiger partial charge on any atom is 0.155 e. The number of hydrogen-bond donors (Lipinski definition) is 1. The topological polar surface area (TPSA) is 38.7 Å². The smallest absolute Gasteiger partial charge is 0.155 e. The third-order valence-electron chi connectivity index (χ3n) is 3.04. The van der Waals surface area contributed by atoms with Gasteiger partial charge in [0.05, 0.1) is 11.1 Å². The fraction of sp³-hybridized carbons (Fsp3) is 0.429. The molecule has 1 fully saturated rings. The van der Waals surface area contributed by atoms with Crippen LogP contribution < -0.4 is 4.74 Å². The highest BCUT2D eigenvalue weighted by atomic mass is 35.5.